The first-order chi connectivity index (χ1) is 11.8. The Labute approximate surface area is 145 Å². The molecule has 0 radical (unpaired) electrons. The number of benzene rings is 1. The topological polar surface area (TPSA) is 116 Å². The van der Waals surface area contributed by atoms with Gasteiger partial charge in [-0.05, 0) is 31.9 Å². The summed E-state index contributed by atoms with van der Waals surface area (Å²) in [6.07, 6.45) is 1.16. The van der Waals surface area contributed by atoms with Crippen LogP contribution in [0.4, 0.5) is 0 Å². The number of nitrogens with one attached hydrogen (secondary N) is 1. The maximum Gasteiger partial charge on any atom is 0.308 e. The zero-order valence-corrected chi connectivity index (χ0v) is 14.5. The summed E-state index contributed by atoms with van der Waals surface area (Å²) in [5.74, 6) is -1.65. The van der Waals surface area contributed by atoms with Crippen LogP contribution in [0.25, 0.3) is 0 Å². The van der Waals surface area contributed by atoms with Crippen molar-refractivity contribution in [3.63, 3.8) is 0 Å². The van der Waals surface area contributed by atoms with Crippen LogP contribution in [0.2, 0.25) is 0 Å². The highest BCUT2D eigenvalue weighted by Crippen LogP contribution is 2.24. The van der Waals surface area contributed by atoms with Crippen LogP contribution in [0.1, 0.15) is 25.3 Å². The van der Waals surface area contributed by atoms with Gasteiger partial charge in [0.05, 0.1) is 10.8 Å². The molecule has 9 heteroatoms. The third-order valence-corrected chi connectivity index (χ3v) is 5.98. The van der Waals surface area contributed by atoms with Crippen LogP contribution in [0, 0.1) is 5.92 Å². The summed E-state index contributed by atoms with van der Waals surface area (Å²) >= 11 is 0. The molecule has 1 saturated heterocycles. The lowest BCUT2D eigenvalue weighted by Crippen LogP contribution is -2.48. The lowest BCUT2D eigenvalue weighted by Gasteiger charge is -2.36. The standard InChI is InChI=1S/C16H19N3O5S/c1-10-6-7-11(16(21)22)9-19(10)14(20)8-17-15-12-4-2-3-5-13(12)25(23,24)18-15/h2-5,10-11H,6-9H2,1H3,(H,17,18)(H,21,22). The number of aliphatic imine (C=N–C) groups is 1. The molecule has 0 aliphatic carbocycles. The van der Waals surface area contributed by atoms with Crippen molar-refractivity contribution >= 4 is 27.7 Å². The molecule has 2 N–H and O–H groups in total. The van der Waals surface area contributed by atoms with E-state index in [0.717, 1.165) is 0 Å². The van der Waals surface area contributed by atoms with Crippen LogP contribution < -0.4 is 4.72 Å². The fourth-order valence-electron chi connectivity index (χ4n) is 3.14. The molecular weight excluding hydrogens is 346 g/mol. The lowest BCUT2D eigenvalue weighted by atomic mass is 9.93. The molecule has 0 saturated carbocycles. The van der Waals surface area contributed by atoms with Crippen LogP contribution >= 0.6 is 0 Å². The van der Waals surface area contributed by atoms with E-state index in [1.807, 2.05) is 6.92 Å². The third-order valence-electron chi connectivity index (χ3n) is 4.59. The zero-order valence-electron chi connectivity index (χ0n) is 13.7. The summed E-state index contributed by atoms with van der Waals surface area (Å²) in [5.41, 5.74) is 0.436. The largest absolute Gasteiger partial charge is 0.481 e. The van der Waals surface area contributed by atoms with Crippen LogP contribution in [0.3, 0.4) is 0 Å². The Morgan fingerprint density at radius 1 is 1.32 bits per heavy atom. The van der Waals surface area contributed by atoms with Gasteiger partial charge in [0.15, 0.2) is 0 Å². The molecular formula is C16H19N3O5S. The number of hydrogen-bond acceptors (Lipinski definition) is 5. The van der Waals surface area contributed by atoms with E-state index in [1.165, 1.54) is 11.0 Å². The van der Waals surface area contributed by atoms with Crippen LogP contribution in [0.5, 0.6) is 0 Å². The monoisotopic (exact) mass is 365 g/mol. The lowest BCUT2D eigenvalue weighted by molar-refractivity contribution is -0.146. The third kappa shape index (κ3) is 3.37. The average molecular weight is 365 g/mol. The van der Waals surface area contributed by atoms with Crippen molar-refractivity contribution in [2.24, 2.45) is 10.9 Å². The molecule has 2 aliphatic rings. The normalized spacial score (nSPS) is 26.1. The molecule has 1 amide bonds. The first kappa shape index (κ1) is 17.4. The Balaban J connectivity index is 1.76. The number of likely N-dealkylation sites (tertiary alicyclic amines) is 1. The number of amidine groups is 1. The van der Waals surface area contributed by atoms with Gasteiger partial charge in [0.1, 0.15) is 12.4 Å². The summed E-state index contributed by atoms with van der Waals surface area (Å²) < 4.78 is 26.4. The van der Waals surface area contributed by atoms with Crippen molar-refractivity contribution in [3.05, 3.63) is 29.8 Å². The van der Waals surface area contributed by atoms with Crippen molar-refractivity contribution in [2.75, 3.05) is 13.1 Å². The number of nitrogens with zero attached hydrogens (tertiary/aromatic N) is 2. The number of aliphatic carboxylic acids is 1. The SMILES string of the molecule is CC1CCC(C(=O)O)CN1C(=O)CN=C1NS(=O)(=O)c2ccccc21. The predicted octanol–water partition coefficient (Wildman–Crippen LogP) is 0.437. The van der Waals surface area contributed by atoms with Gasteiger partial charge in [0.2, 0.25) is 5.91 Å². The van der Waals surface area contributed by atoms with Gasteiger partial charge in [0.25, 0.3) is 10.0 Å². The van der Waals surface area contributed by atoms with Crippen molar-refractivity contribution in [2.45, 2.75) is 30.7 Å². The highest BCUT2D eigenvalue weighted by atomic mass is 32.2. The number of rotatable bonds is 3. The molecule has 1 aromatic rings. The van der Waals surface area contributed by atoms with Crippen LogP contribution in [0.15, 0.2) is 34.2 Å². The van der Waals surface area contributed by atoms with Crippen molar-refractivity contribution in [3.8, 4) is 0 Å². The Morgan fingerprint density at radius 3 is 2.76 bits per heavy atom. The first-order valence-electron chi connectivity index (χ1n) is 7.98. The number of sulfonamides is 1. The van der Waals surface area contributed by atoms with E-state index < -0.39 is 21.9 Å². The second kappa shape index (κ2) is 6.47. The number of amides is 1. The van der Waals surface area contributed by atoms with E-state index in [4.69, 9.17) is 5.11 Å². The van der Waals surface area contributed by atoms with Crippen LogP contribution in [-0.4, -0.2) is 55.3 Å². The Morgan fingerprint density at radius 2 is 2.04 bits per heavy atom. The van der Waals surface area contributed by atoms with Gasteiger partial charge >= 0.3 is 5.97 Å². The summed E-state index contributed by atoms with van der Waals surface area (Å²) in [4.78, 5) is 29.4. The summed E-state index contributed by atoms with van der Waals surface area (Å²) in [5, 5.41) is 9.15. The maximum absolute atomic E-state index is 12.5. The smallest absolute Gasteiger partial charge is 0.308 e. The molecule has 2 atom stereocenters. The Hall–Kier alpha value is -2.42. The van der Waals surface area contributed by atoms with Crippen molar-refractivity contribution < 1.29 is 23.1 Å². The molecule has 25 heavy (non-hydrogen) atoms. The molecule has 134 valence electrons. The van der Waals surface area contributed by atoms with E-state index in [1.54, 1.807) is 18.2 Å². The predicted molar refractivity (Wildman–Crippen MR) is 89.7 cm³/mol. The zero-order chi connectivity index (χ0) is 18.2. The molecule has 2 unspecified atom stereocenters. The number of carboxylic acid groups (broad SMARTS) is 1. The number of carbonyl (C=O) groups is 2. The van der Waals surface area contributed by atoms with Crippen LogP contribution in [-0.2, 0) is 19.6 Å². The van der Waals surface area contributed by atoms with Gasteiger partial charge < -0.3 is 10.0 Å². The van der Waals surface area contributed by atoms with Gasteiger partial charge in [0, 0.05) is 18.2 Å². The molecule has 0 aromatic heterocycles. The fraction of sp³-hybridized carbons (Fsp3) is 0.438. The van der Waals surface area contributed by atoms with Gasteiger partial charge in [-0.25, -0.2) is 8.42 Å². The van der Waals surface area contributed by atoms with E-state index in [2.05, 4.69) is 9.71 Å². The number of hydrogen-bond donors (Lipinski definition) is 2. The number of piperidine rings is 1. The van der Waals surface area contributed by atoms with E-state index in [0.29, 0.717) is 18.4 Å². The Bertz CT molecular complexity index is 849. The minimum atomic E-state index is -3.64. The minimum absolute atomic E-state index is 0.0594. The highest BCUT2D eigenvalue weighted by Gasteiger charge is 2.33. The molecule has 2 aliphatic heterocycles. The molecule has 3 rings (SSSR count). The Kier molecular flexibility index (Phi) is 4.51. The second-order valence-electron chi connectivity index (χ2n) is 6.27. The summed E-state index contributed by atoms with van der Waals surface area (Å²) in [6.45, 7) is 1.79. The second-order valence-corrected chi connectivity index (χ2v) is 7.92. The molecule has 0 bridgehead atoms. The fourth-order valence-corrected chi connectivity index (χ4v) is 4.40. The minimum Gasteiger partial charge on any atom is -0.481 e. The summed E-state index contributed by atoms with van der Waals surface area (Å²) in [6, 6.07) is 6.36. The molecule has 8 nitrogen and oxygen atoms in total. The van der Waals surface area contributed by atoms with Gasteiger partial charge in [-0.15, -0.1) is 0 Å². The van der Waals surface area contributed by atoms with E-state index in [-0.39, 0.29) is 35.8 Å². The number of carboxylic acids is 1. The number of carbonyl (C=O) groups excluding carboxylic acids is 1. The number of fused-ring (bicyclic) bond motifs is 1. The van der Waals surface area contributed by atoms with Crippen molar-refractivity contribution in [1.82, 2.24) is 9.62 Å². The maximum atomic E-state index is 12.5. The van der Waals surface area contributed by atoms with Gasteiger partial charge in [-0.3, -0.25) is 19.3 Å². The highest BCUT2D eigenvalue weighted by molar-refractivity contribution is 7.90. The quantitative estimate of drug-likeness (QED) is 0.806. The van der Waals surface area contributed by atoms with Gasteiger partial charge in [-0.2, -0.15) is 0 Å². The average Bonchev–Trinajstić information content (AvgIpc) is 2.84. The molecule has 1 fully saturated rings. The molecule has 1 aromatic carbocycles. The van der Waals surface area contributed by atoms with E-state index >= 15 is 0 Å². The van der Waals surface area contributed by atoms with E-state index in [9.17, 15) is 18.0 Å². The first-order valence-corrected chi connectivity index (χ1v) is 9.47. The molecule has 0 spiro atoms. The summed E-state index contributed by atoms with van der Waals surface area (Å²) in [7, 11) is -3.64. The van der Waals surface area contributed by atoms with Crippen molar-refractivity contribution in [1.29, 1.82) is 0 Å². The molecule has 2 heterocycles. The van der Waals surface area contributed by atoms with Gasteiger partial charge in [-0.1, -0.05) is 12.1 Å².